The average molecular weight is 359 g/mol. The summed E-state index contributed by atoms with van der Waals surface area (Å²) in [6.07, 6.45) is 0.672. The number of nitrogens with one attached hydrogen (secondary N) is 1. The summed E-state index contributed by atoms with van der Waals surface area (Å²) in [5.74, 6) is -0.0830. The Hall–Kier alpha value is -1.75. The maximum atomic E-state index is 11.8. The number of carbonyl (C=O) groups excluding carboxylic acids is 2. The molecule has 0 fully saturated rings. The van der Waals surface area contributed by atoms with Crippen LogP contribution >= 0.6 is 34.8 Å². The number of hydrogen-bond donors (Lipinski definition) is 1. The van der Waals surface area contributed by atoms with Gasteiger partial charge in [0.25, 0.3) is 5.91 Å². The molecule has 1 amide bonds. The van der Waals surface area contributed by atoms with E-state index in [1.165, 1.54) is 12.1 Å². The first-order valence-electron chi connectivity index (χ1n) is 6.11. The van der Waals surface area contributed by atoms with Gasteiger partial charge in [0.05, 0.1) is 5.02 Å². The molecule has 4 nitrogen and oxygen atoms in total. The van der Waals surface area contributed by atoms with Gasteiger partial charge in [0.15, 0.2) is 6.61 Å². The summed E-state index contributed by atoms with van der Waals surface area (Å²) >= 11 is 17.6. The minimum atomic E-state index is -0.395. The van der Waals surface area contributed by atoms with E-state index in [2.05, 4.69) is 5.32 Å². The standard InChI is InChI=1S/C15H10Cl3NO3/c16-10-4-11(17)6-12(5-10)19-15(21)8-22-14-2-1-9(7-20)3-13(14)18/h1-7H,8H2,(H,19,21). The van der Waals surface area contributed by atoms with E-state index in [-0.39, 0.29) is 11.6 Å². The molecule has 0 saturated carbocycles. The predicted molar refractivity (Wildman–Crippen MR) is 87.4 cm³/mol. The van der Waals surface area contributed by atoms with Crippen molar-refractivity contribution in [3.05, 3.63) is 57.0 Å². The van der Waals surface area contributed by atoms with Gasteiger partial charge in [-0.2, -0.15) is 0 Å². The molecule has 2 rings (SSSR count). The van der Waals surface area contributed by atoms with E-state index < -0.39 is 5.91 Å². The monoisotopic (exact) mass is 357 g/mol. The Morgan fingerprint density at radius 3 is 2.36 bits per heavy atom. The minimum Gasteiger partial charge on any atom is -0.482 e. The highest BCUT2D eigenvalue weighted by Gasteiger charge is 2.08. The third-order valence-electron chi connectivity index (χ3n) is 2.60. The van der Waals surface area contributed by atoms with E-state index in [1.54, 1.807) is 24.3 Å². The Bertz CT molecular complexity index is 699. The lowest BCUT2D eigenvalue weighted by Gasteiger charge is -2.09. The van der Waals surface area contributed by atoms with Gasteiger partial charge >= 0.3 is 0 Å². The van der Waals surface area contributed by atoms with E-state index in [0.29, 0.717) is 33.3 Å². The first kappa shape index (κ1) is 16.6. The largest absolute Gasteiger partial charge is 0.482 e. The summed E-state index contributed by atoms with van der Waals surface area (Å²) in [4.78, 5) is 22.4. The number of ether oxygens (including phenoxy) is 1. The number of benzene rings is 2. The van der Waals surface area contributed by atoms with Crippen molar-refractivity contribution in [2.24, 2.45) is 0 Å². The summed E-state index contributed by atoms with van der Waals surface area (Å²) in [6.45, 7) is -0.246. The molecule has 22 heavy (non-hydrogen) atoms. The zero-order valence-corrected chi connectivity index (χ0v) is 13.4. The predicted octanol–water partition coefficient (Wildman–Crippen LogP) is 4.48. The number of amides is 1. The second-order valence-electron chi connectivity index (χ2n) is 4.30. The summed E-state index contributed by atoms with van der Waals surface area (Å²) in [7, 11) is 0. The molecule has 0 aromatic heterocycles. The van der Waals surface area contributed by atoms with Crippen molar-refractivity contribution in [2.45, 2.75) is 0 Å². The summed E-state index contributed by atoms with van der Waals surface area (Å²) in [5.41, 5.74) is 0.892. The highest BCUT2D eigenvalue weighted by molar-refractivity contribution is 6.35. The maximum absolute atomic E-state index is 11.8. The van der Waals surface area contributed by atoms with Gasteiger partial charge in [0.1, 0.15) is 12.0 Å². The molecule has 0 heterocycles. The quantitative estimate of drug-likeness (QED) is 0.802. The molecule has 0 unspecified atom stereocenters. The van der Waals surface area contributed by atoms with Gasteiger partial charge in [-0.15, -0.1) is 0 Å². The van der Waals surface area contributed by atoms with Crippen LogP contribution < -0.4 is 10.1 Å². The molecular weight excluding hydrogens is 349 g/mol. The molecule has 0 saturated heterocycles. The van der Waals surface area contributed by atoms with Crippen LogP contribution in [0.4, 0.5) is 5.69 Å². The van der Waals surface area contributed by atoms with Crippen LogP contribution in [-0.2, 0) is 4.79 Å². The number of aldehydes is 1. The van der Waals surface area contributed by atoms with Crippen LogP contribution in [0.3, 0.4) is 0 Å². The van der Waals surface area contributed by atoms with Crippen molar-refractivity contribution in [2.75, 3.05) is 11.9 Å². The van der Waals surface area contributed by atoms with Gasteiger partial charge in [0.2, 0.25) is 0 Å². The molecule has 0 spiro atoms. The van der Waals surface area contributed by atoms with Crippen molar-refractivity contribution in [1.82, 2.24) is 0 Å². The number of halogens is 3. The van der Waals surface area contributed by atoms with Crippen LogP contribution in [0.25, 0.3) is 0 Å². The summed E-state index contributed by atoms with van der Waals surface area (Å²) in [6, 6.07) is 9.22. The highest BCUT2D eigenvalue weighted by atomic mass is 35.5. The van der Waals surface area contributed by atoms with Gasteiger partial charge in [-0.3, -0.25) is 9.59 Å². The van der Waals surface area contributed by atoms with E-state index >= 15 is 0 Å². The van der Waals surface area contributed by atoms with Crippen LogP contribution in [0.15, 0.2) is 36.4 Å². The number of rotatable bonds is 5. The van der Waals surface area contributed by atoms with Crippen molar-refractivity contribution in [1.29, 1.82) is 0 Å². The van der Waals surface area contributed by atoms with Gasteiger partial charge in [0, 0.05) is 21.3 Å². The normalized spacial score (nSPS) is 10.1. The molecule has 7 heteroatoms. The molecule has 1 N–H and O–H groups in total. The SMILES string of the molecule is O=Cc1ccc(OCC(=O)Nc2cc(Cl)cc(Cl)c2)c(Cl)c1. The van der Waals surface area contributed by atoms with Crippen LogP contribution in [0.5, 0.6) is 5.75 Å². The maximum Gasteiger partial charge on any atom is 0.262 e. The molecular formula is C15H10Cl3NO3. The van der Waals surface area contributed by atoms with Crippen molar-refractivity contribution >= 4 is 52.7 Å². The molecule has 0 aliphatic rings. The lowest BCUT2D eigenvalue weighted by atomic mass is 10.2. The topological polar surface area (TPSA) is 55.4 Å². The highest BCUT2D eigenvalue weighted by Crippen LogP contribution is 2.25. The van der Waals surface area contributed by atoms with Gasteiger partial charge in [-0.1, -0.05) is 34.8 Å². The van der Waals surface area contributed by atoms with E-state index in [4.69, 9.17) is 39.5 Å². The second kappa shape index (κ2) is 7.49. The summed E-state index contributed by atoms with van der Waals surface area (Å²) < 4.78 is 5.30. The zero-order chi connectivity index (χ0) is 16.1. The van der Waals surface area contributed by atoms with Gasteiger partial charge in [-0.05, 0) is 36.4 Å². The fourth-order valence-electron chi connectivity index (χ4n) is 1.67. The van der Waals surface area contributed by atoms with Crippen molar-refractivity contribution < 1.29 is 14.3 Å². The number of anilines is 1. The Morgan fingerprint density at radius 2 is 1.77 bits per heavy atom. The van der Waals surface area contributed by atoms with Crippen LogP contribution in [0.2, 0.25) is 15.1 Å². The van der Waals surface area contributed by atoms with Crippen molar-refractivity contribution in [3.63, 3.8) is 0 Å². The van der Waals surface area contributed by atoms with Gasteiger partial charge < -0.3 is 10.1 Å². The molecule has 0 atom stereocenters. The van der Waals surface area contributed by atoms with Crippen LogP contribution in [-0.4, -0.2) is 18.8 Å². The Kier molecular flexibility index (Phi) is 5.66. The second-order valence-corrected chi connectivity index (χ2v) is 5.58. The molecule has 2 aromatic rings. The third-order valence-corrected chi connectivity index (χ3v) is 3.33. The van der Waals surface area contributed by atoms with E-state index in [0.717, 1.165) is 0 Å². The minimum absolute atomic E-state index is 0.246. The lowest BCUT2D eigenvalue weighted by molar-refractivity contribution is -0.118. The number of hydrogen-bond acceptors (Lipinski definition) is 3. The lowest BCUT2D eigenvalue weighted by Crippen LogP contribution is -2.20. The van der Waals surface area contributed by atoms with Crippen molar-refractivity contribution in [3.8, 4) is 5.75 Å². The smallest absolute Gasteiger partial charge is 0.262 e. The fraction of sp³-hybridized carbons (Fsp3) is 0.0667. The van der Waals surface area contributed by atoms with Gasteiger partial charge in [-0.25, -0.2) is 0 Å². The number of carbonyl (C=O) groups is 2. The summed E-state index contributed by atoms with van der Waals surface area (Å²) in [5, 5.41) is 3.68. The molecule has 0 radical (unpaired) electrons. The van der Waals surface area contributed by atoms with Crippen LogP contribution in [0, 0.1) is 0 Å². The first-order chi connectivity index (χ1) is 10.5. The molecule has 0 bridgehead atoms. The zero-order valence-electron chi connectivity index (χ0n) is 11.1. The van der Waals surface area contributed by atoms with E-state index in [9.17, 15) is 9.59 Å². The average Bonchev–Trinajstić information content (AvgIpc) is 2.44. The Morgan fingerprint density at radius 1 is 1.09 bits per heavy atom. The molecule has 114 valence electrons. The molecule has 0 aliphatic heterocycles. The molecule has 2 aromatic carbocycles. The Balaban J connectivity index is 1.96. The van der Waals surface area contributed by atoms with Crippen LogP contribution in [0.1, 0.15) is 10.4 Å². The molecule has 0 aliphatic carbocycles. The Labute approximate surface area is 141 Å². The first-order valence-corrected chi connectivity index (χ1v) is 7.25. The third kappa shape index (κ3) is 4.63. The fourth-order valence-corrected chi connectivity index (χ4v) is 2.44. The van der Waals surface area contributed by atoms with E-state index in [1.807, 2.05) is 0 Å².